The molecule has 1 heterocycles. The van der Waals surface area contributed by atoms with Crippen LogP contribution in [0.25, 0.3) is 0 Å². The SMILES string of the molecule is NC(=S)c1ccc(N2CCN(CCO)CC2)c(Br)c1. The molecule has 0 spiro atoms. The molecule has 1 fully saturated rings. The molecule has 1 saturated heterocycles. The van der Waals surface area contributed by atoms with Crippen LogP contribution in [0.3, 0.4) is 0 Å². The van der Waals surface area contributed by atoms with Gasteiger partial charge in [-0.25, -0.2) is 0 Å². The molecule has 3 N–H and O–H groups in total. The van der Waals surface area contributed by atoms with Gasteiger partial charge in [0, 0.05) is 42.8 Å². The van der Waals surface area contributed by atoms with Gasteiger partial charge in [-0.2, -0.15) is 0 Å². The summed E-state index contributed by atoms with van der Waals surface area (Å²) in [5.41, 5.74) is 7.68. The van der Waals surface area contributed by atoms with Gasteiger partial charge in [0.05, 0.1) is 12.3 Å². The van der Waals surface area contributed by atoms with Crippen LogP contribution in [0.2, 0.25) is 0 Å². The Bertz CT molecular complexity index is 461. The number of β-amino-alcohol motifs (C(OH)–C–C–N with tert-alkyl or cyclic N) is 1. The average molecular weight is 344 g/mol. The molecule has 1 aromatic carbocycles. The van der Waals surface area contributed by atoms with Crippen molar-refractivity contribution in [1.82, 2.24) is 4.90 Å². The molecule has 104 valence electrons. The van der Waals surface area contributed by atoms with Crippen molar-refractivity contribution in [2.75, 3.05) is 44.2 Å². The van der Waals surface area contributed by atoms with Crippen molar-refractivity contribution < 1.29 is 5.11 Å². The molecular formula is C13H18BrN3OS. The van der Waals surface area contributed by atoms with Crippen LogP contribution in [0.1, 0.15) is 5.56 Å². The van der Waals surface area contributed by atoms with Crippen molar-refractivity contribution in [3.8, 4) is 0 Å². The number of benzene rings is 1. The van der Waals surface area contributed by atoms with Gasteiger partial charge < -0.3 is 15.7 Å². The van der Waals surface area contributed by atoms with Crippen LogP contribution in [0.5, 0.6) is 0 Å². The summed E-state index contributed by atoms with van der Waals surface area (Å²) in [6.45, 7) is 4.87. The van der Waals surface area contributed by atoms with Crippen molar-refractivity contribution in [3.63, 3.8) is 0 Å². The molecule has 0 amide bonds. The van der Waals surface area contributed by atoms with Gasteiger partial charge in [-0.15, -0.1) is 0 Å². The Morgan fingerprint density at radius 3 is 2.53 bits per heavy atom. The third-order valence-electron chi connectivity index (χ3n) is 3.36. The van der Waals surface area contributed by atoms with E-state index >= 15 is 0 Å². The third kappa shape index (κ3) is 3.66. The Balaban J connectivity index is 2.05. The van der Waals surface area contributed by atoms with E-state index in [1.165, 1.54) is 5.69 Å². The number of hydrogen-bond acceptors (Lipinski definition) is 4. The molecule has 1 aliphatic heterocycles. The molecule has 0 aliphatic carbocycles. The van der Waals surface area contributed by atoms with Crippen LogP contribution < -0.4 is 10.6 Å². The molecule has 2 rings (SSSR count). The number of rotatable bonds is 4. The summed E-state index contributed by atoms with van der Waals surface area (Å²) in [5.74, 6) is 0. The molecule has 0 bridgehead atoms. The third-order valence-corrected chi connectivity index (χ3v) is 4.23. The number of aliphatic hydroxyl groups is 1. The zero-order valence-electron chi connectivity index (χ0n) is 10.7. The van der Waals surface area contributed by atoms with Gasteiger partial charge in [-0.3, -0.25) is 4.90 Å². The van der Waals surface area contributed by atoms with Gasteiger partial charge >= 0.3 is 0 Å². The summed E-state index contributed by atoms with van der Waals surface area (Å²) < 4.78 is 1.02. The van der Waals surface area contributed by atoms with E-state index in [1.54, 1.807) is 0 Å². The standard InChI is InChI=1S/C13H18BrN3OS/c14-11-9-10(13(15)19)1-2-12(11)17-5-3-16(4-6-17)7-8-18/h1-2,9,18H,3-8H2,(H2,15,19). The van der Waals surface area contributed by atoms with E-state index in [0.29, 0.717) is 4.99 Å². The van der Waals surface area contributed by atoms with Crippen LogP contribution in [0, 0.1) is 0 Å². The van der Waals surface area contributed by atoms with Gasteiger partial charge in [-0.1, -0.05) is 12.2 Å². The van der Waals surface area contributed by atoms with Gasteiger partial charge in [0.1, 0.15) is 4.99 Å². The predicted molar refractivity (Wildman–Crippen MR) is 85.8 cm³/mol. The maximum Gasteiger partial charge on any atom is 0.104 e. The number of nitrogens with zero attached hydrogens (tertiary/aromatic N) is 2. The zero-order valence-corrected chi connectivity index (χ0v) is 13.1. The van der Waals surface area contributed by atoms with Crippen molar-refractivity contribution in [3.05, 3.63) is 28.2 Å². The minimum absolute atomic E-state index is 0.229. The number of halogens is 1. The number of aliphatic hydroxyl groups excluding tert-OH is 1. The van der Waals surface area contributed by atoms with E-state index in [0.717, 1.165) is 42.8 Å². The van der Waals surface area contributed by atoms with E-state index in [4.69, 9.17) is 23.1 Å². The summed E-state index contributed by atoms with van der Waals surface area (Å²) in [5, 5.41) is 8.94. The van der Waals surface area contributed by atoms with E-state index < -0.39 is 0 Å². The molecule has 19 heavy (non-hydrogen) atoms. The van der Waals surface area contributed by atoms with Crippen LogP contribution in [-0.4, -0.2) is 54.3 Å². The van der Waals surface area contributed by atoms with Crippen molar-refractivity contribution in [2.24, 2.45) is 5.73 Å². The number of anilines is 1. The molecule has 1 aliphatic rings. The zero-order chi connectivity index (χ0) is 13.8. The molecule has 0 aromatic heterocycles. The van der Waals surface area contributed by atoms with E-state index in [2.05, 4.69) is 31.8 Å². The first-order valence-corrected chi connectivity index (χ1v) is 7.49. The monoisotopic (exact) mass is 343 g/mol. The van der Waals surface area contributed by atoms with Gasteiger partial charge in [-0.05, 0) is 34.1 Å². The first kappa shape index (κ1) is 14.7. The number of nitrogens with two attached hydrogens (primary N) is 1. The molecule has 0 saturated carbocycles. The maximum atomic E-state index is 8.94. The summed E-state index contributed by atoms with van der Waals surface area (Å²) in [6, 6.07) is 5.99. The van der Waals surface area contributed by atoms with Gasteiger partial charge in [0.25, 0.3) is 0 Å². The summed E-state index contributed by atoms with van der Waals surface area (Å²) in [4.78, 5) is 5.02. The highest BCUT2D eigenvalue weighted by atomic mass is 79.9. The fraction of sp³-hybridized carbons (Fsp3) is 0.462. The summed E-state index contributed by atoms with van der Waals surface area (Å²) in [6.07, 6.45) is 0. The molecule has 0 unspecified atom stereocenters. The fourth-order valence-corrected chi connectivity index (χ4v) is 3.03. The largest absolute Gasteiger partial charge is 0.395 e. The lowest BCUT2D eigenvalue weighted by Gasteiger charge is -2.36. The topological polar surface area (TPSA) is 52.7 Å². The highest BCUT2D eigenvalue weighted by Gasteiger charge is 2.18. The lowest BCUT2D eigenvalue weighted by molar-refractivity contribution is 0.188. The molecule has 4 nitrogen and oxygen atoms in total. The number of piperazine rings is 1. The molecular weight excluding hydrogens is 326 g/mol. The molecule has 1 aromatic rings. The first-order chi connectivity index (χ1) is 9.11. The summed E-state index contributed by atoms with van der Waals surface area (Å²) in [7, 11) is 0. The Labute approximate surface area is 127 Å². The minimum atomic E-state index is 0.229. The van der Waals surface area contributed by atoms with Gasteiger partial charge in [0.15, 0.2) is 0 Å². The number of hydrogen-bond donors (Lipinski definition) is 2. The van der Waals surface area contributed by atoms with Crippen LogP contribution >= 0.6 is 28.1 Å². The second kappa shape index (κ2) is 6.65. The van der Waals surface area contributed by atoms with Crippen molar-refractivity contribution in [1.29, 1.82) is 0 Å². The number of thiocarbonyl (C=S) groups is 1. The average Bonchev–Trinajstić information content (AvgIpc) is 2.40. The lowest BCUT2D eigenvalue weighted by atomic mass is 10.2. The van der Waals surface area contributed by atoms with Crippen LogP contribution in [-0.2, 0) is 0 Å². The Kier molecular flexibility index (Phi) is 5.15. The normalized spacial score (nSPS) is 16.6. The molecule has 6 heteroatoms. The minimum Gasteiger partial charge on any atom is -0.395 e. The van der Waals surface area contributed by atoms with Gasteiger partial charge in [0.2, 0.25) is 0 Å². The second-order valence-electron chi connectivity index (χ2n) is 4.58. The van der Waals surface area contributed by atoms with E-state index in [-0.39, 0.29) is 6.61 Å². The van der Waals surface area contributed by atoms with Crippen LogP contribution in [0.15, 0.2) is 22.7 Å². The van der Waals surface area contributed by atoms with E-state index in [9.17, 15) is 0 Å². The second-order valence-corrected chi connectivity index (χ2v) is 5.88. The van der Waals surface area contributed by atoms with Crippen molar-refractivity contribution >= 4 is 38.8 Å². The predicted octanol–water partition coefficient (Wildman–Crippen LogP) is 1.20. The van der Waals surface area contributed by atoms with Crippen LogP contribution in [0.4, 0.5) is 5.69 Å². The first-order valence-electron chi connectivity index (χ1n) is 6.29. The van der Waals surface area contributed by atoms with Crippen molar-refractivity contribution in [2.45, 2.75) is 0 Å². The summed E-state index contributed by atoms with van der Waals surface area (Å²) >= 11 is 8.57. The van der Waals surface area contributed by atoms with E-state index in [1.807, 2.05) is 12.1 Å². The Morgan fingerprint density at radius 2 is 2.00 bits per heavy atom. The molecule has 0 atom stereocenters. The fourth-order valence-electron chi connectivity index (χ4n) is 2.27. The smallest absolute Gasteiger partial charge is 0.104 e. The Hall–Kier alpha value is -0.690. The lowest BCUT2D eigenvalue weighted by Crippen LogP contribution is -2.47. The highest BCUT2D eigenvalue weighted by Crippen LogP contribution is 2.28. The quantitative estimate of drug-likeness (QED) is 0.804. The highest BCUT2D eigenvalue weighted by molar-refractivity contribution is 9.10. The molecule has 0 radical (unpaired) electrons. The maximum absolute atomic E-state index is 8.94. The Morgan fingerprint density at radius 1 is 1.32 bits per heavy atom.